The molecule has 0 saturated carbocycles. The van der Waals surface area contributed by atoms with Crippen LogP contribution < -0.4 is 0 Å². The van der Waals surface area contributed by atoms with Crippen molar-refractivity contribution in [1.29, 1.82) is 0 Å². The van der Waals surface area contributed by atoms with Crippen molar-refractivity contribution in [3.63, 3.8) is 0 Å². The first-order chi connectivity index (χ1) is 5.72. The molecule has 1 unspecified atom stereocenters. The molecule has 1 N–H and O–H groups in total. The van der Waals surface area contributed by atoms with Gasteiger partial charge in [-0.2, -0.15) is 0 Å². The number of ether oxygens (including phenoxy) is 1. The summed E-state index contributed by atoms with van der Waals surface area (Å²) in [5.41, 5.74) is 0. The smallest absolute Gasteiger partial charge is 0.316 e. The standard InChI is InChI=1S/C6H14BO4P/c1-7-6-3-2-5(11-6)4-10-12(8)9/h5-7,12H,2-4H2,1H3,(H,8,9)/t5-,6+/m0/s1. The van der Waals surface area contributed by atoms with Crippen LogP contribution in [0.4, 0.5) is 0 Å². The second-order valence-electron chi connectivity index (χ2n) is 2.94. The highest BCUT2D eigenvalue weighted by Crippen LogP contribution is 2.23. The van der Waals surface area contributed by atoms with Crippen LogP contribution in [-0.2, 0) is 13.8 Å². The molecule has 1 rings (SSSR count). The monoisotopic (exact) mass is 192 g/mol. The van der Waals surface area contributed by atoms with Crippen LogP contribution in [0.25, 0.3) is 0 Å². The third-order valence-corrected chi connectivity index (χ3v) is 2.46. The Morgan fingerprint density at radius 3 is 3.00 bits per heavy atom. The molecule has 12 heavy (non-hydrogen) atoms. The van der Waals surface area contributed by atoms with Gasteiger partial charge in [-0.3, -0.25) is 4.57 Å². The first-order valence-electron chi connectivity index (χ1n) is 4.23. The zero-order valence-corrected chi connectivity index (χ0v) is 8.16. The van der Waals surface area contributed by atoms with Gasteiger partial charge in [0, 0.05) is 6.00 Å². The number of hydrogen-bond donors (Lipinski definition) is 1. The van der Waals surface area contributed by atoms with Gasteiger partial charge in [0.1, 0.15) is 0 Å². The lowest BCUT2D eigenvalue weighted by atomic mass is 9.74. The minimum atomic E-state index is -2.78. The van der Waals surface area contributed by atoms with E-state index in [1.54, 1.807) is 0 Å². The molecule has 1 aliphatic heterocycles. The Balaban J connectivity index is 2.15. The van der Waals surface area contributed by atoms with Crippen molar-refractivity contribution >= 4 is 15.5 Å². The molecule has 1 aliphatic rings. The maximum Gasteiger partial charge on any atom is 0.316 e. The lowest BCUT2D eigenvalue weighted by Crippen LogP contribution is -2.18. The van der Waals surface area contributed by atoms with Gasteiger partial charge in [-0.25, -0.2) is 0 Å². The maximum absolute atomic E-state index is 10.2. The van der Waals surface area contributed by atoms with Crippen molar-refractivity contribution in [1.82, 2.24) is 0 Å². The molecule has 1 saturated heterocycles. The summed E-state index contributed by atoms with van der Waals surface area (Å²) in [5, 5.41) is 0. The second kappa shape index (κ2) is 5.02. The van der Waals surface area contributed by atoms with Gasteiger partial charge in [0.15, 0.2) is 7.28 Å². The van der Waals surface area contributed by atoms with Crippen LogP contribution in [0.1, 0.15) is 12.8 Å². The van der Waals surface area contributed by atoms with Crippen molar-refractivity contribution in [2.75, 3.05) is 6.61 Å². The molecule has 0 aromatic rings. The van der Waals surface area contributed by atoms with Gasteiger partial charge in [-0.1, -0.05) is 6.82 Å². The van der Waals surface area contributed by atoms with E-state index in [1.807, 2.05) is 0 Å². The highest BCUT2D eigenvalue weighted by atomic mass is 31.1. The largest absolute Gasteiger partial charge is 0.381 e. The van der Waals surface area contributed by atoms with Crippen LogP contribution in [0.3, 0.4) is 0 Å². The Hall–Kier alpha value is 0.175. The molecule has 0 aromatic carbocycles. The third-order valence-electron chi connectivity index (χ3n) is 2.04. The molecule has 0 aliphatic carbocycles. The zero-order chi connectivity index (χ0) is 8.97. The molecular formula is C6H14BO4P. The summed E-state index contributed by atoms with van der Waals surface area (Å²) in [6.45, 7) is 2.33. The lowest BCUT2D eigenvalue weighted by molar-refractivity contribution is 0.0489. The fourth-order valence-corrected chi connectivity index (χ4v) is 1.70. The highest BCUT2D eigenvalue weighted by molar-refractivity contribution is 7.32. The molecule has 0 aromatic heterocycles. The third kappa shape index (κ3) is 3.27. The fourth-order valence-electron chi connectivity index (χ4n) is 1.37. The van der Waals surface area contributed by atoms with Crippen molar-refractivity contribution < 1.29 is 18.7 Å². The van der Waals surface area contributed by atoms with E-state index in [9.17, 15) is 4.57 Å². The predicted octanol–water partition coefficient (Wildman–Crippen LogP) is 0.375. The average Bonchev–Trinajstić information content (AvgIpc) is 2.48. The van der Waals surface area contributed by atoms with Crippen molar-refractivity contribution in [2.45, 2.75) is 31.8 Å². The molecule has 0 amide bonds. The van der Waals surface area contributed by atoms with Crippen molar-refractivity contribution in [3.05, 3.63) is 0 Å². The first-order valence-corrected chi connectivity index (χ1v) is 5.50. The van der Waals surface area contributed by atoms with Gasteiger partial charge < -0.3 is 14.2 Å². The topological polar surface area (TPSA) is 55.8 Å². The molecule has 1 heterocycles. The molecule has 4 nitrogen and oxygen atoms in total. The Labute approximate surface area is 73.4 Å². The highest BCUT2D eigenvalue weighted by Gasteiger charge is 2.24. The second-order valence-corrected chi connectivity index (χ2v) is 3.76. The SMILES string of the molecule is CB[C@H]1CC[C@@H](CO[PH](=O)O)O1. The Bertz CT molecular complexity index is 166. The molecule has 6 heteroatoms. The van der Waals surface area contributed by atoms with E-state index >= 15 is 0 Å². The normalized spacial score (nSPS) is 31.8. The van der Waals surface area contributed by atoms with Gasteiger partial charge in [0.25, 0.3) is 0 Å². The van der Waals surface area contributed by atoms with E-state index in [0.29, 0.717) is 6.00 Å². The van der Waals surface area contributed by atoms with E-state index in [1.165, 1.54) is 0 Å². The Kier molecular flexibility index (Phi) is 4.29. The van der Waals surface area contributed by atoms with Crippen molar-refractivity contribution in [3.8, 4) is 0 Å². The van der Waals surface area contributed by atoms with E-state index < -0.39 is 8.25 Å². The van der Waals surface area contributed by atoms with Crippen LogP contribution >= 0.6 is 8.25 Å². The quantitative estimate of drug-likeness (QED) is 0.516. The fraction of sp³-hybridized carbons (Fsp3) is 1.00. The van der Waals surface area contributed by atoms with Crippen LogP contribution in [0.5, 0.6) is 0 Å². The summed E-state index contributed by atoms with van der Waals surface area (Å²) < 4.78 is 20.3. The van der Waals surface area contributed by atoms with Gasteiger partial charge in [0.2, 0.25) is 0 Å². The molecular weight excluding hydrogens is 178 g/mol. The summed E-state index contributed by atoms with van der Waals surface area (Å²) in [5.74, 6) is 0. The maximum atomic E-state index is 10.2. The minimum absolute atomic E-state index is 0.0241. The van der Waals surface area contributed by atoms with Gasteiger partial charge in [-0.15, -0.1) is 0 Å². The lowest BCUT2D eigenvalue weighted by Gasteiger charge is -2.10. The van der Waals surface area contributed by atoms with Crippen molar-refractivity contribution in [2.24, 2.45) is 0 Å². The van der Waals surface area contributed by atoms with Crippen LogP contribution in [0.2, 0.25) is 6.82 Å². The molecule has 3 atom stereocenters. The minimum Gasteiger partial charge on any atom is -0.381 e. The van der Waals surface area contributed by atoms with E-state index in [4.69, 9.17) is 9.63 Å². The number of rotatable bonds is 4. The number of hydrogen-bond acceptors (Lipinski definition) is 3. The summed E-state index contributed by atoms with van der Waals surface area (Å²) >= 11 is 0. The zero-order valence-electron chi connectivity index (χ0n) is 7.16. The van der Waals surface area contributed by atoms with Gasteiger partial charge in [0.05, 0.1) is 12.7 Å². The first kappa shape index (κ1) is 10.3. The summed E-state index contributed by atoms with van der Waals surface area (Å²) in [7, 11) is -1.77. The molecule has 70 valence electrons. The van der Waals surface area contributed by atoms with Crippen LogP contribution in [0, 0.1) is 0 Å². The summed E-state index contributed by atoms with van der Waals surface area (Å²) in [6.07, 6.45) is 2.00. The summed E-state index contributed by atoms with van der Waals surface area (Å²) in [4.78, 5) is 8.40. The Morgan fingerprint density at radius 2 is 2.50 bits per heavy atom. The molecule has 0 radical (unpaired) electrons. The van der Waals surface area contributed by atoms with Crippen LogP contribution in [-0.4, -0.2) is 30.9 Å². The van der Waals surface area contributed by atoms with Gasteiger partial charge in [-0.05, 0) is 12.8 Å². The molecule has 0 bridgehead atoms. The average molecular weight is 192 g/mol. The Morgan fingerprint density at radius 1 is 1.75 bits per heavy atom. The predicted molar refractivity (Wildman–Crippen MR) is 48.1 cm³/mol. The molecule has 1 fully saturated rings. The van der Waals surface area contributed by atoms with E-state index in [2.05, 4.69) is 11.3 Å². The van der Waals surface area contributed by atoms with E-state index in [0.717, 1.165) is 20.1 Å². The molecule has 0 spiro atoms. The summed E-state index contributed by atoms with van der Waals surface area (Å²) in [6, 6.07) is 0.319. The van der Waals surface area contributed by atoms with Gasteiger partial charge >= 0.3 is 8.25 Å². The van der Waals surface area contributed by atoms with Crippen LogP contribution in [0.15, 0.2) is 0 Å². The van der Waals surface area contributed by atoms with E-state index in [-0.39, 0.29) is 12.7 Å².